The Kier molecular flexibility index (Phi) is 6.47. The fraction of sp³-hybridized carbons (Fsp3) is 0.500. The Balaban J connectivity index is 2.06. The SMILES string of the molecule is O=C(CSCc1cccs1)NCC(O)CO. The number of thiophene rings is 1. The van der Waals surface area contributed by atoms with Crippen molar-refractivity contribution in [2.45, 2.75) is 11.9 Å². The van der Waals surface area contributed by atoms with E-state index in [0.717, 1.165) is 5.75 Å². The average Bonchev–Trinajstić information content (AvgIpc) is 2.79. The van der Waals surface area contributed by atoms with Gasteiger partial charge in [-0.05, 0) is 11.4 Å². The molecule has 1 unspecified atom stereocenters. The monoisotopic (exact) mass is 261 g/mol. The second-order valence-electron chi connectivity index (χ2n) is 3.21. The van der Waals surface area contributed by atoms with Gasteiger partial charge < -0.3 is 15.5 Å². The second-order valence-corrected chi connectivity index (χ2v) is 5.23. The fourth-order valence-corrected chi connectivity index (χ4v) is 2.68. The Bertz CT molecular complexity index is 303. The molecule has 0 radical (unpaired) electrons. The summed E-state index contributed by atoms with van der Waals surface area (Å²) in [6, 6.07) is 4.02. The molecule has 1 heterocycles. The van der Waals surface area contributed by atoms with Gasteiger partial charge in [-0.3, -0.25) is 4.79 Å². The summed E-state index contributed by atoms with van der Waals surface area (Å²) >= 11 is 3.20. The van der Waals surface area contributed by atoms with Crippen LogP contribution in [0.2, 0.25) is 0 Å². The number of aliphatic hydroxyl groups is 2. The molecule has 0 aliphatic rings. The molecule has 0 fully saturated rings. The molecule has 16 heavy (non-hydrogen) atoms. The molecule has 0 bridgehead atoms. The van der Waals surface area contributed by atoms with Crippen molar-refractivity contribution < 1.29 is 15.0 Å². The predicted molar refractivity (Wildman–Crippen MR) is 66.6 cm³/mol. The van der Waals surface area contributed by atoms with Crippen LogP contribution in [0.15, 0.2) is 17.5 Å². The van der Waals surface area contributed by atoms with Gasteiger partial charge in [-0.25, -0.2) is 0 Å². The Morgan fingerprint density at radius 2 is 2.44 bits per heavy atom. The molecule has 0 saturated carbocycles. The van der Waals surface area contributed by atoms with Crippen molar-refractivity contribution in [1.29, 1.82) is 0 Å². The average molecular weight is 261 g/mol. The van der Waals surface area contributed by atoms with Gasteiger partial charge >= 0.3 is 0 Å². The van der Waals surface area contributed by atoms with E-state index in [1.54, 1.807) is 11.3 Å². The number of nitrogens with one attached hydrogen (secondary N) is 1. The van der Waals surface area contributed by atoms with E-state index in [0.29, 0.717) is 5.75 Å². The molecule has 6 heteroatoms. The predicted octanol–water partition coefficient (Wildman–Crippen LogP) is 0.451. The first-order chi connectivity index (χ1) is 7.72. The molecular weight excluding hydrogens is 246 g/mol. The number of hydrogen-bond acceptors (Lipinski definition) is 5. The largest absolute Gasteiger partial charge is 0.394 e. The van der Waals surface area contributed by atoms with Crippen molar-refractivity contribution in [1.82, 2.24) is 5.32 Å². The molecular formula is C10H15NO3S2. The topological polar surface area (TPSA) is 69.6 Å². The highest BCUT2D eigenvalue weighted by Crippen LogP contribution is 2.16. The lowest BCUT2D eigenvalue weighted by Crippen LogP contribution is -2.34. The van der Waals surface area contributed by atoms with Crippen molar-refractivity contribution in [2.24, 2.45) is 0 Å². The summed E-state index contributed by atoms with van der Waals surface area (Å²) in [7, 11) is 0. The zero-order valence-electron chi connectivity index (χ0n) is 8.76. The number of carbonyl (C=O) groups excluding carboxylic acids is 1. The van der Waals surface area contributed by atoms with E-state index in [9.17, 15) is 4.79 Å². The van der Waals surface area contributed by atoms with Crippen LogP contribution in [0.5, 0.6) is 0 Å². The summed E-state index contributed by atoms with van der Waals surface area (Å²) in [5, 5.41) is 22.1. The quantitative estimate of drug-likeness (QED) is 0.666. The maximum absolute atomic E-state index is 11.3. The fourth-order valence-electron chi connectivity index (χ4n) is 0.986. The van der Waals surface area contributed by atoms with Crippen LogP contribution in [0.3, 0.4) is 0 Å². The van der Waals surface area contributed by atoms with E-state index in [1.807, 2.05) is 17.5 Å². The van der Waals surface area contributed by atoms with Gasteiger partial charge in [0.05, 0.1) is 18.5 Å². The van der Waals surface area contributed by atoms with Crippen molar-refractivity contribution >= 4 is 29.0 Å². The van der Waals surface area contributed by atoms with Gasteiger partial charge in [0.15, 0.2) is 0 Å². The number of amides is 1. The summed E-state index contributed by atoms with van der Waals surface area (Å²) in [5.74, 6) is 1.08. The minimum Gasteiger partial charge on any atom is -0.394 e. The molecule has 4 nitrogen and oxygen atoms in total. The lowest BCUT2D eigenvalue weighted by atomic mass is 10.4. The third kappa shape index (κ3) is 5.50. The van der Waals surface area contributed by atoms with Crippen LogP contribution in [0, 0.1) is 0 Å². The van der Waals surface area contributed by atoms with E-state index < -0.39 is 6.10 Å². The van der Waals surface area contributed by atoms with Crippen LogP contribution >= 0.6 is 23.1 Å². The summed E-state index contributed by atoms with van der Waals surface area (Å²) in [5.41, 5.74) is 0. The van der Waals surface area contributed by atoms with Gasteiger partial charge in [-0.1, -0.05) is 6.07 Å². The molecule has 1 rings (SSSR count). The number of rotatable bonds is 7. The Morgan fingerprint density at radius 3 is 3.06 bits per heavy atom. The standard InChI is InChI=1S/C10H15NO3S2/c12-5-8(13)4-11-10(14)7-15-6-9-2-1-3-16-9/h1-3,8,12-13H,4-7H2,(H,11,14). The minimum atomic E-state index is -0.869. The molecule has 3 N–H and O–H groups in total. The summed E-state index contributed by atoms with van der Waals surface area (Å²) in [6.45, 7) is -0.225. The zero-order chi connectivity index (χ0) is 11.8. The molecule has 0 saturated heterocycles. The molecule has 0 spiro atoms. The van der Waals surface area contributed by atoms with E-state index in [1.165, 1.54) is 16.6 Å². The first-order valence-corrected chi connectivity index (χ1v) is 6.91. The Morgan fingerprint density at radius 1 is 1.62 bits per heavy atom. The molecule has 0 aliphatic carbocycles. The Hall–Kier alpha value is -0.560. The lowest BCUT2D eigenvalue weighted by molar-refractivity contribution is -0.119. The third-order valence-electron chi connectivity index (χ3n) is 1.80. The summed E-state index contributed by atoms with van der Waals surface area (Å²) in [6.07, 6.45) is -0.869. The van der Waals surface area contributed by atoms with Crippen molar-refractivity contribution in [3.8, 4) is 0 Å². The van der Waals surface area contributed by atoms with Crippen molar-refractivity contribution in [3.63, 3.8) is 0 Å². The highest BCUT2D eigenvalue weighted by Gasteiger charge is 2.05. The zero-order valence-corrected chi connectivity index (χ0v) is 10.4. The van der Waals surface area contributed by atoms with Gasteiger partial charge in [0.1, 0.15) is 0 Å². The van der Waals surface area contributed by atoms with Crippen LogP contribution in [0.25, 0.3) is 0 Å². The number of hydrogen-bond donors (Lipinski definition) is 3. The minimum absolute atomic E-state index is 0.106. The van der Waals surface area contributed by atoms with Crippen LogP contribution in [0.4, 0.5) is 0 Å². The van der Waals surface area contributed by atoms with Gasteiger partial charge in [0.25, 0.3) is 0 Å². The van der Waals surface area contributed by atoms with Gasteiger partial charge in [0.2, 0.25) is 5.91 Å². The molecule has 1 aromatic rings. The van der Waals surface area contributed by atoms with Crippen molar-refractivity contribution in [3.05, 3.63) is 22.4 Å². The van der Waals surface area contributed by atoms with Crippen LogP contribution < -0.4 is 5.32 Å². The van der Waals surface area contributed by atoms with Gasteiger partial charge in [-0.2, -0.15) is 0 Å². The van der Waals surface area contributed by atoms with E-state index >= 15 is 0 Å². The Labute approximate surface area is 103 Å². The third-order valence-corrected chi connectivity index (χ3v) is 3.84. The van der Waals surface area contributed by atoms with Crippen molar-refractivity contribution in [2.75, 3.05) is 18.9 Å². The van der Waals surface area contributed by atoms with Gasteiger partial charge in [-0.15, -0.1) is 23.1 Å². The molecule has 1 atom stereocenters. The van der Waals surface area contributed by atoms with Crippen LogP contribution in [0.1, 0.15) is 4.88 Å². The molecule has 90 valence electrons. The molecule has 0 aliphatic heterocycles. The van der Waals surface area contributed by atoms with Crippen LogP contribution in [-0.2, 0) is 10.5 Å². The smallest absolute Gasteiger partial charge is 0.230 e. The second kappa shape index (κ2) is 7.67. The normalized spacial score (nSPS) is 12.4. The molecule has 1 amide bonds. The maximum Gasteiger partial charge on any atom is 0.230 e. The molecule has 0 aromatic carbocycles. The molecule has 1 aromatic heterocycles. The summed E-state index contributed by atoms with van der Waals surface area (Å²) in [4.78, 5) is 12.5. The highest BCUT2D eigenvalue weighted by atomic mass is 32.2. The first-order valence-electron chi connectivity index (χ1n) is 4.88. The van der Waals surface area contributed by atoms with E-state index in [-0.39, 0.29) is 19.1 Å². The number of thioether (sulfide) groups is 1. The van der Waals surface area contributed by atoms with E-state index in [4.69, 9.17) is 10.2 Å². The van der Waals surface area contributed by atoms with E-state index in [2.05, 4.69) is 5.32 Å². The maximum atomic E-state index is 11.3. The van der Waals surface area contributed by atoms with Gasteiger partial charge in [0, 0.05) is 17.2 Å². The first kappa shape index (κ1) is 13.5. The lowest BCUT2D eigenvalue weighted by Gasteiger charge is -2.08. The summed E-state index contributed by atoms with van der Waals surface area (Å²) < 4.78 is 0. The number of carbonyl (C=O) groups is 1. The van der Waals surface area contributed by atoms with Crippen LogP contribution in [-0.4, -0.2) is 41.1 Å². The number of aliphatic hydroxyl groups excluding tert-OH is 2. The highest BCUT2D eigenvalue weighted by molar-refractivity contribution is 7.99.